The molecule has 2 aromatic heterocycles. The number of hydrogen-bond acceptors (Lipinski definition) is 6. The van der Waals surface area contributed by atoms with Crippen molar-refractivity contribution >= 4 is 11.5 Å². The van der Waals surface area contributed by atoms with Crippen LogP contribution in [0, 0.1) is 10.1 Å². The van der Waals surface area contributed by atoms with E-state index in [1.807, 2.05) is 43.1 Å². The van der Waals surface area contributed by atoms with Gasteiger partial charge >= 0.3 is 0 Å². The van der Waals surface area contributed by atoms with Gasteiger partial charge in [-0.3, -0.25) is 10.1 Å². The lowest BCUT2D eigenvalue weighted by atomic mass is 10.1. The summed E-state index contributed by atoms with van der Waals surface area (Å²) in [6, 6.07) is 11.1. The van der Waals surface area contributed by atoms with Crippen LogP contribution in [0.2, 0.25) is 0 Å². The number of rotatable bonds is 5. The predicted octanol–water partition coefficient (Wildman–Crippen LogP) is 2.77. The van der Waals surface area contributed by atoms with Gasteiger partial charge in [-0.25, -0.2) is 14.6 Å². The molecule has 0 saturated carbocycles. The van der Waals surface area contributed by atoms with Gasteiger partial charge in [-0.1, -0.05) is 12.1 Å². The maximum atomic E-state index is 10.7. The fraction of sp³-hybridized carbons (Fsp3) is 0.188. The minimum Gasteiger partial charge on any atom is -0.353 e. The number of benzene rings is 1. The Balaban J connectivity index is 1.77. The monoisotopic (exact) mass is 324 g/mol. The van der Waals surface area contributed by atoms with Crippen molar-refractivity contribution in [3.8, 4) is 5.69 Å². The SMILES string of the molecule is C[C@H](c1ccc(-n2cncn2)cc1)N(C)c1ccc([N+](=O)[O-])cn1. The second-order valence-corrected chi connectivity index (χ2v) is 5.35. The van der Waals surface area contributed by atoms with Crippen molar-refractivity contribution < 1.29 is 4.92 Å². The number of hydrogen-bond donors (Lipinski definition) is 0. The Bertz CT molecular complexity index is 815. The molecule has 0 aliphatic rings. The molecule has 1 aromatic carbocycles. The highest BCUT2D eigenvalue weighted by atomic mass is 16.6. The van der Waals surface area contributed by atoms with E-state index in [1.54, 1.807) is 17.1 Å². The Morgan fingerprint density at radius 2 is 1.96 bits per heavy atom. The van der Waals surface area contributed by atoms with Crippen LogP contribution in [0.5, 0.6) is 0 Å². The maximum absolute atomic E-state index is 10.7. The topological polar surface area (TPSA) is 90.0 Å². The molecule has 0 radical (unpaired) electrons. The average molecular weight is 324 g/mol. The summed E-state index contributed by atoms with van der Waals surface area (Å²) in [5.41, 5.74) is 2.01. The van der Waals surface area contributed by atoms with Crippen molar-refractivity contribution in [2.45, 2.75) is 13.0 Å². The van der Waals surface area contributed by atoms with E-state index in [-0.39, 0.29) is 11.7 Å². The Morgan fingerprint density at radius 3 is 2.50 bits per heavy atom. The van der Waals surface area contributed by atoms with Gasteiger partial charge in [0.1, 0.15) is 24.7 Å². The zero-order chi connectivity index (χ0) is 17.1. The summed E-state index contributed by atoms with van der Waals surface area (Å²) in [6.07, 6.45) is 4.41. The van der Waals surface area contributed by atoms with Crippen LogP contribution in [0.4, 0.5) is 11.5 Å². The van der Waals surface area contributed by atoms with Crippen molar-refractivity contribution in [1.82, 2.24) is 19.7 Å². The Kier molecular flexibility index (Phi) is 4.19. The summed E-state index contributed by atoms with van der Waals surface area (Å²) < 4.78 is 1.69. The first kappa shape index (κ1) is 15.6. The highest BCUT2D eigenvalue weighted by molar-refractivity contribution is 5.45. The minimum atomic E-state index is -0.455. The molecule has 8 nitrogen and oxygen atoms in total. The van der Waals surface area contributed by atoms with Crippen molar-refractivity contribution in [3.63, 3.8) is 0 Å². The number of pyridine rings is 1. The highest BCUT2D eigenvalue weighted by Gasteiger charge is 2.15. The summed E-state index contributed by atoms with van der Waals surface area (Å²) in [7, 11) is 1.91. The van der Waals surface area contributed by atoms with Crippen LogP contribution in [0.1, 0.15) is 18.5 Å². The lowest BCUT2D eigenvalue weighted by molar-refractivity contribution is -0.385. The molecule has 0 N–H and O–H groups in total. The molecule has 8 heteroatoms. The molecule has 0 amide bonds. The van der Waals surface area contributed by atoms with Crippen LogP contribution in [-0.4, -0.2) is 31.7 Å². The molecule has 3 aromatic rings. The molecule has 0 unspecified atom stereocenters. The van der Waals surface area contributed by atoms with Gasteiger partial charge in [0.05, 0.1) is 16.7 Å². The number of nitrogens with zero attached hydrogens (tertiary/aromatic N) is 6. The molecule has 0 bridgehead atoms. The van der Waals surface area contributed by atoms with E-state index in [9.17, 15) is 10.1 Å². The van der Waals surface area contributed by atoms with Crippen LogP contribution in [-0.2, 0) is 0 Å². The molecule has 0 saturated heterocycles. The van der Waals surface area contributed by atoms with Crippen molar-refractivity contribution in [2.75, 3.05) is 11.9 Å². The van der Waals surface area contributed by atoms with Crippen LogP contribution in [0.25, 0.3) is 5.69 Å². The van der Waals surface area contributed by atoms with Gasteiger partial charge in [-0.15, -0.1) is 0 Å². The summed E-state index contributed by atoms with van der Waals surface area (Å²) in [5, 5.41) is 14.8. The average Bonchev–Trinajstić information content (AvgIpc) is 3.15. The molecular formula is C16H16N6O2. The number of anilines is 1. The first-order chi connectivity index (χ1) is 11.6. The molecule has 3 rings (SSSR count). The molecule has 2 heterocycles. The Morgan fingerprint density at radius 1 is 1.21 bits per heavy atom. The van der Waals surface area contributed by atoms with E-state index in [1.165, 1.54) is 18.6 Å². The summed E-state index contributed by atoms with van der Waals surface area (Å²) in [4.78, 5) is 20.3. The molecule has 122 valence electrons. The molecular weight excluding hydrogens is 308 g/mol. The van der Waals surface area contributed by atoms with E-state index in [2.05, 4.69) is 15.1 Å². The van der Waals surface area contributed by atoms with E-state index >= 15 is 0 Å². The number of nitro groups is 1. The van der Waals surface area contributed by atoms with Gasteiger partial charge in [0.2, 0.25) is 0 Å². The summed E-state index contributed by atoms with van der Waals surface area (Å²) in [5.74, 6) is 0.674. The van der Waals surface area contributed by atoms with Crippen molar-refractivity contribution in [3.05, 3.63) is 70.9 Å². The molecule has 0 spiro atoms. The third kappa shape index (κ3) is 3.07. The summed E-state index contributed by atoms with van der Waals surface area (Å²) >= 11 is 0. The molecule has 24 heavy (non-hydrogen) atoms. The van der Waals surface area contributed by atoms with Gasteiger partial charge in [-0.2, -0.15) is 5.10 Å². The van der Waals surface area contributed by atoms with Gasteiger partial charge < -0.3 is 4.90 Å². The smallest absolute Gasteiger partial charge is 0.287 e. The third-order valence-corrected chi connectivity index (χ3v) is 3.94. The normalized spacial score (nSPS) is 11.9. The maximum Gasteiger partial charge on any atom is 0.287 e. The second kappa shape index (κ2) is 6.45. The molecule has 1 atom stereocenters. The second-order valence-electron chi connectivity index (χ2n) is 5.35. The fourth-order valence-corrected chi connectivity index (χ4v) is 2.36. The van der Waals surface area contributed by atoms with E-state index in [0.717, 1.165) is 11.3 Å². The zero-order valence-corrected chi connectivity index (χ0v) is 13.3. The van der Waals surface area contributed by atoms with Crippen LogP contribution in [0.15, 0.2) is 55.2 Å². The van der Waals surface area contributed by atoms with Crippen molar-refractivity contribution in [2.24, 2.45) is 0 Å². The van der Waals surface area contributed by atoms with Crippen molar-refractivity contribution in [1.29, 1.82) is 0 Å². The molecule has 0 fully saturated rings. The van der Waals surface area contributed by atoms with Gasteiger partial charge in [0, 0.05) is 13.1 Å². The van der Waals surface area contributed by atoms with Crippen LogP contribution >= 0.6 is 0 Å². The first-order valence-electron chi connectivity index (χ1n) is 7.34. The van der Waals surface area contributed by atoms with Crippen LogP contribution in [0.3, 0.4) is 0 Å². The Hall–Kier alpha value is -3.29. The zero-order valence-electron chi connectivity index (χ0n) is 13.3. The highest BCUT2D eigenvalue weighted by Crippen LogP contribution is 2.25. The van der Waals surface area contributed by atoms with E-state index < -0.39 is 4.92 Å². The fourth-order valence-electron chi connectivity index (χ4n) is 2.36. The van der Waals surface area contributed by atoms with Gasteiger partial charge in [0.25, 0.3) is 5.69 Å². The lowest BCUT2D eigenvalue weighted by Crippen LogP contribution is -2.22. The predicted molar refractivity (Wildman–Crippen MR) is 89.1 cm³/mol. The lowest BCUT2D eigenvalue weighted by Gasteiger charge is -2.26. The van der Waals surface area contributed by atoms with E-state index in [0.29, 0.717) is 5.82 Å². The molecule has 0 aliphatic carbocycles. The standard InChI is InChI=1S/C16H16N6O2/c1-12(20(2)16-8-7-15(9-18-16)22(23)24)13-3-5-14(6-4-13)21-11-17-10-19-21/h3-12H,1-2H3/t12-/m1/s1. The minimum absolute atomic E-state index is 0.0167. The molecule has 0 aliphatic heterocycles. The Labute approximate surface area is 138 Å². The quantitative estimate of drug-likeness (QED) is 0.529. The summed E-state index contributed by atoms with van der Waals surface area (Å²) in [6.45, 7) is 2.05. The third-order valence-electron chi connectivity index (χ3n) is 3.94. The van der Waals surface area contributed by atoms with Crippen LogP contribution < -0.4 is 4.90 Å². The first-order valence-corrected chi connectivity index (χ1v) is 7.34. The largest absolute Gasteiger partial charge is 0.353 e. The number of aromatic nitrogens is 4. The van der Waals surface area contributed by atoms with Gasteiger partial charge in [-0.05, 0) is 30.7 Å². The van der Waals surface area contributed by atoms with E-state index in [4.69, 9.17) is 0 Å². The van der Waals surface area contributed by atoms with Gasteiger partial charge in [0.15, 0.2) is 0 Å².